The first-order valence-corrected chi connectivity index (χ1v) is 12.1. The smallest absolute Gasteiger partial charge is 0.228 e. The van der Waals surface area contributed by atoms with Crippen molar-refractivity contribution in [1.82, 2.24) is 15.3 Å². The summed E-state index contributed by atoms with van der Waals surface area (Å²) in [6.07, 6.45) is -0.506. The van der Waals surface area contributed by atoms with Crippen LogP contribution >= 0.6 is 0 Å². The maximum absolute atomic E-state index is 12.7. The molecule has 2 aliphatic heterocycles. The number of nitrogens with one attached hydrogen (secondary N) is 2. The van der Waals surface area contributed by atoms with Gasteiger partial charge in [-0.2, -0.15) is 4.98 Å². The van der Waals surface area contributed by atoms with Crippen LogP contribution in [0, 0.1) is 6.92 Å². The van der Waals surface area contributed by atoms with E-state index in [0.29, 0.717) is 42.8 Å². The third-order valence-electron chi connectivity index (χ3n) is 5.93. The summed E-state index contributed by atoms with van der Waals surface area (Å²) in [5, 5.41) is 17.7. The van der Waals surface area contributed by atoms with E-state index in [9.17, 15) is 13.5 Å². The summed E-state index contributed by atoms with van der Waals surface area (Å²) in [5.74, 6) is 1.14. The van der Waals surface area contributed by atoms with Crippen LogP contribution < -0.4 is 15.5 Å². The van der Waals surface area contributed by atoms with Crippen molar-refractivity contribution in [3.8, 4) is 0 Å². The second-order valence-corrected chi connectivity index (χ2v) is 10.3. The van der Waals surface area contributed by atoms with Crippen molar-refractivity contribution in [1.29, 1.82) is 0 Å². The molecule has 2 atom stereocenters. The SMILES string of the molecule is Cc1ccc2nc(N3CCS(=O)(=O)c4ccccc4C3)nc(N[C@H]3CNC[C@@H]3O)c2c1. The molecule has 1 saturated heterocycles. The highest BCUT2D eigenvalue weighted by Crippen LogP contribution is 2.29. The van der Waals surface area contributed by atoms with Gasteiger partial charge in [-0.05, 0) is 30.7 Å². The molecule has 9 heteroatoms. The molecule has 3 N–H and O–H groups in total. The third kappa shape index (κ3) is 3.84. The Morgan fingerprint density at radius 3 is 2.81 bits per heavy atom. The zero-order chi connectivity index (χ0) is 21.6. The van der Waals surface area contributed by atoms with Gasteiger partial charge in [0.15, 0.2) is 9.84 Å². The van der Waals surface area contributed by atoms with Gasteiger partial charge in [0.1, 0.15) is 5.82 Å². The summed E-state index contributed by atoms with van der Waals surface area (Å²) < 4.78 is 25.5. The van der Waals surface area contributed by atoms with Gasteiger partial charge < -0.3 is 20.6 Å². The molecule has 0 amide bonds. The maximum atomic E-state index is 12.7. The second kappa shape index (κ2) is 7.74. The Kier molecular flexibility index (Phi) is 5.04. The number of aliphatic hydroxyl groups excluding tert-OH is 1. The van der Waals surface area contributed by atoms with Crippen molar-refractivity contribution < 1.29 is 13.5 Å². The normalized spacial score (nSPS) is 22.8. The molecule has 0 unspecified atom stereocenters. The summed E-state index contributed by atoms with van der Waals surface area (Å²) in [7, 11) is -3.36. The average molecular weight is 440 g/mol. The van der Waals surface area contributed by atoms with Crippen molar-refractivity contribution in [2.24, 2.45) is 0 Å². The summed E-state index contributed by atoms with van der Waals surface area (Å²) >= 11 is 0. The van der Waals surface area contributed by atoms with E-state index < -0.39 is 15.9 Å². The van der Waals surface area contributed by atoms with Crippen molar-refractivity contribution in [3.63, 3.8) is 0 Å². The largest absolute Gasteiger partial charge is 0.390 e. The first kappa shape index (κ1) is 20.2. The molecule has 2 aliphatic rings. The lowest BCUT2D eigenvalue weighted by Gasteiger charge is -2.23. The molecule has 162 valence electrons. The number of hydrogen-bond donors (Lipinski definition) is 3. The van der Waals surface area contributed by atoms with Crippen molar-refractivity contribution in [2.75, 3.05) is 35.6 Å². The predicted octanol–water partition coefficient (Wildman–Crippen LogP) is 1.48. The van der Waals surface area contributed by atoms with Crippen molar-refractivity contribution in [2.45, 2.75) is 30.5 Å². The number of sulfone groups is 1. The quantitative estimate of drug-likeness (QED) is 0.563. The number of aromatic nitrogens is 2. The molecule has 2 aromatic carbocycles. The molecule has 5 rings (SSSR count). The Balaban J connectivity index is 1.58. The first-order chi connectivity index (χ1) is 14.9. The minimum absolute atomic E-state index is 0.00727. The minimum Gasteiger partial charge on any atom is -0.390 e. The Morgan fingerprint density at radius 1 is 1.16 bits per heavy atom. The molecule has 1 aromatic heterocycles. The second-order valence-electron chi connectivity index (χ2n) is 8.22. The van der Waals surface area contributed by atoms with Crippen molar-refractivity contribution >= 4 is 32.5 Å². The zero-order valence-electron chi connectivity index (χ0n) is 17.2. The van der Waals surface area contributed by atoms with Gasteiger partial charge in [-0.3, -0.25) is 0 Å². The van der Waals surface area contributed by atoms with Gasteiger partial charge in [0.05, 0.1) is 28.3 Å². The zero-order valence-corrected chi connectivity index (χ0v) is 18.1. The Hall–Kier alpha value is -2.75. The van der Waals surface area contributed by atoms with Crippen LogP contribution in [0.25, 0.3) is 10.9 Å². The van der Waals surface area contributed by atoms with Crippen LogP contribution in [-0.2, 0) is 16.4 Å². The molecule has 3 aromatic rings. The lowest BCUT2D eigenvalue weighted by molar-refractivity contribution is 0.185. The number of fused-ring (bicyclic) bond motifs is 2. The van der Waals surface area contributed by atoms with Gasteiger partial charge in [0.25, 0.3) is 0 Å². The van der Waals surface area contributed by atoms with Gasteiger partial charge in [0, 0.05) is 31.6 Å². The third-order valence-corrected chi connectivity index (χ3v) is 7.71. The maximum Gasteiger partial charge on any atom is 0.228 e. The summed E-state index contributed by atoms with van der Waals surface area (Å²) in [4.78, 5) is 11.9. The van der Waals surface area contributed by atoms with Gasteiger partial charge in [-0.15, -0.1) is 0 Å². The minimum atomic E-state index is -3.36. The lowest BCUT2D eigenvalue weighted by Crippen LogP contribution is -2.33. The van der Waals surface area contributed by atoms with Gasteiger partial charge >= 0.3 is 0 Å². The number of hydrogen-bond acceptors (Lipinski definition) is 8. The first-order valence-electron chi connectivity index (χ1n) is 10.4. The molecule has 0 aliphatic carbocycles. The lowest BCUT2D eigenvalue weighted by atomic mass is 10.1. The molecule has 8 nitrogen and oxygen atoms in total. The number of benzene rings is 2. The topological polar surface area (TPSA) is 107 Å². The monoisotopic (exact) mass is 439 g/mol. The molecular formula is C22H25N5O3S. The Labute approximate surface area is 181 Å². The number of aryl methyl sites for hydroxylation is 1. The molecule has 0 bridgehead atoms. The fraction of sp³-hybridized carbons (Fsp3) is 0.364. The van der Waals surface area contributed by atoms with E-state index in [1.807, 2.05) is 42.2 Å². The fourth-order valence-corrected chi connectivity index (χ4v) is 5.70. The van der Waals surface area contributed by atoms with E-state index in [0.717, 1.165) is 22.0 Å². The number of β-amino-alcohol motifs (C(OH)–C–C–N with tert-alkyl or cyclic N) is 1. The molecular weight excluding hydrogens is 414 g/mol. The summed E-state index contributed by atoms with van der Waals surface area (Å²) in [6, 6.07) is 12.9. The Bertz CT molecular complexity index is 1250. The van der Waals surface area contributed by atoms with Crippen LogP contribution in [0.3, 0.4) is 0 Å². The highest BCUT2D eigenvalue weighted by atomic mass is 32.2. The van der Waals surface area contributed by atoms with Crippen LogP contribution in [-0.4, -0.2) is 61.0 Å². The highest BCUT2D eigenvalue weighted by molar-refractivity contribution is 7.91. The van der Waals surface area contributed by atoms with E-state index in [1.54, 1.807) is 12.1 Å². The van der Waals surface area contributed by atoms with E-state index in [1.165, 1.54) is 0 Å². The molecule has 0 radical (unpaired) electrons. The van der Waals surface area contributed by atoms with E-state index in [-0.39, 0.29) is 11.8 Å². The molecule has 3 heterocycles. The molecule has 0 spiro atoms. The standard InChI is InChI=1S/C22H25N5O3S/c1-14-6-7-17-16(10-14)21(24-18-11-23-12-19(18)28)26-22(25-17)27-8-9-31(29,30)20-5-3-2-4-15(20)13-27/h2-7,10,18-19,23,28H,8-9,11-13H2,1H3,(H,24,25,26)/t18-,19-/m0/s1. The average Bonchev–Trinajstić information content (AvgIpc) is 3.09. The summed E-state index contributed by atoms with van der Waals surface area (Å²) in [5.41, 5.74) is 2.61. The fourth-order valence-electron chi connectivity index (χ4n) is 4.20. The van der Waals surface area contributed by atoms with Gasteiger partial charge in [-0.1, -0.05) is 29.8 Å². The molecule has 1 fully saturated rings. The number of rotatable bonds is 3. The number of anilines is 2. The number of aliphatic hydroxyl groups is 1. The number of nitrogens with zero attached hydrogens (tertiary/aromatic N) is 3. The van der Waals surface area contributed by atoms with E-state index >= 15 is 0 Å². The van der Waals surface area contributed by atoms with Gasteiger partial charge in [-0.25, -0.2) is 13.4 Å². The molecule has 31 heavy (non-hydrogen) atoms. The van der Waals surface area contributed by atoms with Crippen LogP contribution in [0.1, 0.15) is 11.1 Å². The van der Waals surface area contributed by atoms with E-state index in [2.05, 4.69) is 10.6 Å². The summed E-state index contributed by atoms with van der Waals surface area (Å²) in [6.45, 7) is 3.91. The van der Waals surface area contributed by atoms with Crippen LogP contribution in [0.4, 0.5) is 11.8 Å². The van der Waals surface area contributed by atoms with Crippen LogP contribution in [0.15, 0.2) is 47.4 Å². The predicted molar refractivity (Wildman–Crippen MR) is 120 cm³/mol. The highest BCUT2D eigenvalue weighted by Gasteiger charge is 2.28. The van der Waals surface area contributed by atoms with Crippen LogP contribution in [0.5, 0.6) is 0 Å². The van der Waals surface area contributed by atoms with Crippen LogP contribution in [0.2, 0.25) is 0 Å². The van der Waals surface area contributed by atoms with Crippen molar-refractivity contribution in [3.05, 3.63) is 53.6 Å². The Morgan fingerprint density at radius 2 is 2.00 bits per heavy atom. The van der Waals surface area contributed by atoms with Gasteiger partial charge in [0.2, 0.25) is 5.95 Å². The molecule has 0 saturated carbocycles. The van der Waals surface area contributed by atoms with E-state index in [4.69, 9.17) is 9.97 Å².